The highest BCUT2D eigenvalue weighted by atomic mass is 16.5. The van der Waals surface area contributed by atoms with Crippen LogP contribution in [0.3, 0.4) is 0 Å². The van der Waals surface area contributed by atoms with Gasteiger partial charge in [-0.1, -0.05) is 0 Å². The van der Waals surface area contributed by atoms with Gasteiger partial charge < -0.3 is 19.3 Å². The van der Waals surface area contributed by atoms with Crippen molar-refractivity contribution >= 4 is 11.9 Å². The molecule has 0 saturated carbocycles. The first kappa shape index (κ1) is 16.4. The summed E-state index contributed by atoms with van der Waals surface area (Å²) in [6.07, 6.45) is 5.33. The number of benzene rings is 1. The minimum absolute atomic E-state index is 0.0462. The van der Waals surface area contributed by atoms with Gasteiger partial charge in [-0.15, -0.1) is 0 Å². The molecule has 0 N–H and O–H groups in total. The Balaban J connectivity index is 1.69. The summed E-state index contributed by atoms with van der Waals surface area (Å²) >= 11 is 0. The molecular weight excluding hydrogens is 336 g/mol. The molecule has 2 aliphatic heterocycles. The molecule has 2 aliphatic rings. The van der Waals surface area contributed by atoms with Crippen LogP contribution < -0.4 is 9.47 Å². The highest BCUT2D eigenvalue weighted by Crippen LogP contribution is 2.39. The third-order valence-electron chi connectivity index (χ3n) is 5.04. The smallest absolute Gasteiger partial charge is 0.329 e. The van der Waals surface area contributed by atoms with Crippen LogP contribution >= 0.6 is 0 Å². The predicted molar refractivity (Wildman–Crippen MR) is 92.3 cm³/mol. The van der Waals surface area contributed by atoms with Crippen molar-refractivity contribution in [3.05, 3.63) is 42.0 Å². The molecule has 26 heavy (non-hydrogen) atoms. The number of hydrogen-bond acceptors (Lipinski definition) is 5. The molecule has 0 spiro atoms. The summed E-state index contributed by atoms with van der Waals surface area (Å²) in [5, 5.41) is 0. The average molecular weight is 356 g/mol. The Labute approximate surface area is 150 Å². The number of carbonyl (C=O) groups is 2. The van der Waals surface area contributed by atoms with Gasteiger partial charge in [0, 0.05) is 25.5 Å². The first-order chi connectivity index (χ1) is 12.6. The van der Waals surface area contributed by atoms with Gasteiger partial charge in [-0.2, -0.15) is 0 Å². The number of nitrogens with zero attached hydrogens (tertiary/aromatic N) is 4. The van der Waals surface area contributed by atoms with Gasteiger partial charge in [-0.25, -0.2) is 9.78 Å². The van der Waals surface area contributed by atoms with Gasteiger partial charge in [0.05, 0.1) is 20.3 Å². The highest BCUT2D eigenvalue weighted by Gasteiger charge is 2.39. The second kappa shape index (κ2) is 6.36. The van der Waals surface area contributed by atoms with Crippen LogP contribution in [0.5, 0.6) is 11.5 Å². The van der Waals surface area contributed by atoms with E-state index < -0.39 is 0 Å². The lowest BCUT2D eigenvalue weighted by atomic mass is 9.90. The van der Waals surface area contributed by atoms with Crippen molar-refractivity contribution in [3.63, 3.8) is 0 Å². The van der Waals surface area contributed by atoms with E-state index in [0.717, 1.165) is 17.5 Å². The molecule has 4 rings (SSSR count). The lowest BCUT2D eigenvalue weighted by molar-refractivity contribution is -0.139. The van der Waals surface area contributed by atoms with Crippen molar-refractivity contribution in [1.82, 2.24) is 19.4 Å². The molecule has 1 saturated heterocycles. The summed E-state index contributed by atoms with van der Waals surface area (Å²) in [5.74, 6) is 1.25. The quantitative estimate of drug-likeness (QED) is 0.811. The molecule has 1 atom stereocenters. The Morgan fingerprint density at radius 2 is 2.00 bits per heavy atom. The highest BCUT2D eigenvalue weighted by molar-refractivity contribution is 5.87. The van der Waals surface area contributed by atoms with Crippen LogP contribution in [0.1, 0.15) is 17.2 Å². The second-order valence-corrected chi connectivity index (χ2v) is 6.39. The first-order valence-corrected chi connectivity index (χ1v) is 8.44. The normalized spacial score (nSPS) is 19.0. The van der Waals surface area contributed by atoms with Gasteiger partial charge in [0.1, 0.15) is 12.9 Å². The Kier molecular flexibility index (Phi) is 4.02. The summed E-state index contributed by atoms with van der Waals surface area (Å²) in [7, 11) is 3.20. The zero-order valence-electron chi connectivity index (χ0n) is 14.7. The summed E-state index contributed by atoms with van der Waals surface area (Å²) in [6, 6.07) is 3.45. The molecule has 0 radical (unpaired) electrons. The van der Waals surface area contributed by atoms with E-state index in [1.807, 2.05) is 17.0 Å². The maximum Gasteiger partial charge on any atom is 0.329 e. The van der Waals surface area contributed by atoms with E-state index in [4.69, 9.17) is 9.47 Å². The number of methoxy groups -OCH3 is 2. The average Bonchev–Trinajstić information content (AvgIpc) is 3.20. The molecular formula is C18H20N4O4. The van der Waals surface area contributed by atoms with Crippen LogP contribution in [0.2, 0.25) is 0 Å². The van der Waals surface area contributed by atoms with E-state index in [1.54, 1.807) is 31.5 Å². The number of aromatic nitrogens is 2. The first-order valence-electron chi connectivity index (χ1n) is 8.44. The van der Waals surface area contributed by atoms with Crippen LogP contribution in [0.4, 0.5) is 4.79 Å². The summed E-state index contributed by atoms with van der Waals surface area (Å²) in [4.78, 5) is 32.6. The standard InChI is InChI=1S/C18H20N4O4/c1-25-15-7-12-3-5-22-14(13(12)8-16(15)26-2)9-21(10-17(22)23)18(24)20-6-4-19-11-20/h4,6-8,11,14H,3,5,9-10H2,1-2H3. The summed E-state index contributed by atoms with van der Waals surface area (Å²) < 4.78 is 12.2. The molecule has 2 aromatic rings. The molecule has 1 aromatic carbocycles. The van der Waals surface area contributed by atoms with Crippen LogP contribution in [0.15, 0.2) is 30.9 Å². The number of imidazole rings is 1. The number of ether oxygens (including phenoxy) is 2. The topological polar surface area (TPSA) is 76.9 Å². The molecule has 136 valence electrons. The van der Waals surface area contributed by atoms with Crippen molar-refractivity contribution in [2.45, 2.75) is 12.5 Å². The van der Waals surface area contributed by atoms with Crippen LogP contribution in [0.25, 0.3) is 0 Å². The van der Waals surface area contributed by atoms with Crippen molar-refractivity contribution in [3.8, 4) is 11.5 Å². The predicted octanol–water partition coefficient (Wildman–Crippen LogP) is 1.31. The third kappa shape index (κ3) is 2.58. The van der Waals surface area contributed by atoms with Crippen molar-refractivity contribution in [2.24, 2.45) is 0 Å². The molecule has 0 aliphatic carbocycles. The Morgan fingerprint density at radius 3 is 2.69 bits per heavy atom. The largest absolute Gasteiger partial charge is 0.493 e. The Bertz CT molecular complexity index is 849. The molecule has 8 nitrogen and oxygen atoms in total. The number of rotatable bonds is 2. The van der Waals surface area contributed by atoms with Crippen LogP contribution in [-0.4, -0.2) is 65.1 Å². The van der Waals surface area contributed by atoms with Crippen LogP contribution in [0, 0.1) is 0 Å². The van der Waals surface area contributed by atoms with E-state index in [0.29, 0.717) is 24.6 Å². The van der Waals surface area contributed by atoms with Gasteiger partial charge in [0.2, 0.25) is 5.91 Å². The number of fused-ring (bicyclic) bond motifs is 3. The summed E-state index contributed by atoms with van der Waals surface area (Å²) in [5.41, 5.74) is 2.12. The van der Waals surface area contributed by atoms with E-state index >= 15 is 0 Å². The zero-order chi connectivity index (χ0) is 18.3. The maximum absolute atomic E-state index is 12.7. The second-order valence-electron chi connectivity index (χ2n) is 6.39. The van der Waals surface area contributed by atoms with Crippen molar-refractivity contribution in [2.75, 3.05) is 33.9 Å². The SMILES string of the molecule is COc1cc2c(cc1OC)C1CN(C(=O)n3ccnc3)CC(=O)N1CC2. The number of hydrogen-bond donors (Lipinski definition) is 0. The molecule has 1 unspecified atom stereocenters. The van der Waals surface area contributed by atoms with Gasteiger partial charge in [0.15, 0.2) is 11.5 Å². The van der Waals surface area contributed by atoms with Gasteiger partial charge in [-0.05, 0) is 29.7 Å². The molecule has 1 fully saturated rings. The van der Waals surface area contributed by atoms with E-state index in [9.17, 15) is 9.59 Å². The van der Waals surface area contributed by atoms with Gasteiger partial charge in [0.25, 0.3) is 0 Å². The fourth-order valence-electron chi connectivity index (χ4n) is 3.73. The zero-order valence-corrected chi connectivity index (χ0v) is 14.7. The maximum atomic E-state index is 12.7. The Hall–Kier alpha value is -3.03. The lowest BCUT2D eigenvalue weighted by Gasteiger charge is -2.44. The van der Waals surface area contributed by atoms with E-state index in [-0.39, 0.29) is 24.5 Å². The van der Waals surface area contributed by atoms with E-state index in [1.165, 1.54) is 10.9 Å². The molecule has 8 heteroatoms. The number of amides is 2. The number of piperazine rings is 1. The molecule has 0 bridgehead atoms. The van der Waals surface area contributed by atoms with E-state index in [2.05, 4.69) is 4.98 Å². The van der Waals surface area contributed by atoms with Crippen molar-refractivity contribution < 1.29 is 19.1 Å². The minimum Gasteiger partial charge on any atom is -0.493 e. The fourth-order valence-corrected chi connectivity index (χ4v) is 3.73. The Morgan fingerprint density at radius 1 is 1.23 bits per heavy atom. The summed E-state index contributed by atoms with van der Waals surface area (Å²) in [6.45, 7) is 1.15. The molecule has 3 heterocycles. The third-order valence-corrected chi connectivity index (χ3v) is 5.04. The van der Waals surface area contributed by atoms with Crippen molar-refractivity contribution in [1.29, 1.82) is 0 Å². The van der Waals surface area contributed by atoms with Crippen LogP contribution in [-0.2, 0) is 11.2 Å². The molecule has 1 aromatic heterocycles. The van der Waals surface area contributed by atoms with Gasteiger partial charge in [-0.3, -0.25) is 9.36 Å². The van der Waals surface area contributed by atoms with Gasteiger partial charge >= 0.3 is 6.03 Å². The fraction of sp³-hybridized carbons (Fsp3) is 0.389. The lowest BCUT2D eigenvalue weighted by Crippen LogP contribution is -2.56. The minimum atomic E-state index is -0.247. The monoisotopic (exact) mass is 356 g/mol. The molecule has 2 amide bonds. The number of carbonyl (C=O) groups excluding carboxylic acids is 2.